The molecule has 1 amide bonds. The van der Waals surface area contributed by atoms with Gasteiger partial charge in [-0.25, -0.2) is 0 Å². The van der Waals surface area contributed by atoms with E-state index >= 15 is 0 Å². The molecule has 16 heavy (non-hydrogen) atoms. The topological polar surface area (TPSA) is 29.1 Å². The molecule has 0 heterocycles. The fraction of sp³-hybridized carbons (Fsp3) is 0.250. The number of amides is 1. The number of hydrogen-bond acceptors (Lipinski definition) is 1. The van der Waals surface area contributed by atoms with Crippen LogP contribution in [0.1, 0.15) is 13.8 Å². The molecule has 1 N–H and O–H groups in total. The minimum Gasteiger partial charge on any atom is -0.325 e. The molecule has 0 aliphatic rings. The van der Waals surface area contributed by atoms with Gasteiger partial charge in [0.25, 0.3) is 0 Å². The zero-order valence-electron chi connectivity index (χ0n) is 9.13. The number of hydrogen-bond donors (Lipinski definition) is 1. The average Bonchev–Trinajstić information content (AvgIpc) is 2.21. The molecule has 2 nitrogen and oxygen atoms in total. The maximum atomic E-state index is 11.9. The summed E-state index contributed by atoms with van der Waals surface area (Å²) in [6.07, 6.45) is 1.64. The van der Waals surface area contributed by atoms with Gasteiger partial charge in [-0.2, -0.15) is 0 Å². The average molecular weight is 258 g/mol. The molecule has 0 bridgehead atoms. The molecule has 0 aliphatic carbocycles. The summed E-state index contributed by atoms with van der Waals surface area (Å²) in [6, 6.07) is 6.95. The third-order valence-electron chi connectivity index (χ3n) is 2.17. The lowest BCUT2D eigenvalue weighted by Gasteiger charge is -2.19. The Morgan fingerprint density at radius 3 is 2.38 bits per heavy atom. The smallest absolute Gasteiger partial charge is 0.233 e. The Labute approximate surface area is 105 Å². The Balaban J connectivity index is 2.75. The largest absolute Gasteiger partial charge is 0.325 e. The molecule has 0 saturated heterocycles. The quantitative estimate of drug-likeness (QED) is 0.870. The Morgan fingerprint density at radius 2 is 1.88 bits per heavy atom. The van der Waals surface area contributed by atoms with E-state index in [9.17, 15) is 4.79 Å². The van der Waals surface area contributed by atoms with Crippen LogP contribution in [0.25, 0.3) is 0 Å². The van der Waals surface area contributed by atoms with Crippen LogP contribution in [0, 0.1) is 5.41 Å². The van der Waals surface area contributed by atoms with Gasteiger partial charge < -0.3 is 5.32 Å². The second-order valence-corrected chi connectivity index (χ2v) is 4.66. The van der Waals surface area contributed by atoms with Crippen molar-refractivity contribution >= 4 is 34.8 Å². The van der Waals surface area contributed by atoms with Crippen LogP contribution in [0.5, 0.6) is 0 Å². The minimum absolute atomic E-state index is 0.119. The van der Waals surface area contributed by atoms with Crippen molar-refractivity contribution in [3.05, 3.63) is 40.9 Å². The Kier molecular flexibility index (Phi) is 4.39. The fourth-order valence-electron chi connectivity index (χ4n) is 1.06. The van der Waals surface area contributed by atoms with E-state index in [1.165, 1.54) is 5.54 Å². The summed E-state index contributed by atoms with van der Waals surface area (Å²) in [6.45, 7) is 3.58. The lowest BCUT2D eigenvalue weighted by atomic mass is 9.92. The molecular formula is C12H13Cl2NO. The van der Waals surface area contributed by atoms with Gasteiger partial charge in [0.2, 0.25) is 5.91 Å². The van der Waals surface area contributed by atoms with Crippen molar-refractivity contribution in [2.24, 2.45) is 5.41 Å². The van der Waals surface area contributed by atoms with Crippen molar-refractivity contribution in [3.63, 3.8) is 0 Å². The predicted octanol–water partition coefficient (Wildman–Crippen LogP) is 4.06. The Bertz CT molecular complexity index is 396. The molecular weight excluding hydrogens is 245 g/mol. The highest BCUT2D eigenvalue weighted by Crippen LogP contribution is 2.21. The van der Waals surface area contributed by atoms with E-state index in [1.54, 1.807) is 44.2 Å². The first-order valence-electron chi connectivity index (χ1n) is 4.80. The van der Waals surface area contributed by atoms with Crippen molar-refractivity contribution in [2.75, 3.05) is 5.32 Å². The first kappa shape index (κ1) is 13.1. The van der Waals surface area contributed by atoms with E-state index < -0.39 is 5.41 Å². The van der Waals surface area contributed by atoms with E-state index in [-0.39, 0.29) is 5.91 Å². The summed E-state index contributed by atoms with van der Waals surface area (Å²) in [5.74, 6) is -0.119. The Morgan fingerprint density at radius 1 is 1.31 bits per heavy atom. The molecule has 0 saturated carbocycles. The van der Waals surface area contributed by atoms with E-state index in [0.29, 0.717) is 10.7 Å². The van der Waals surface area contributed by atoms with Crippen LogP contribution in [-0.2, 0) is 4.79 Å². The van der Waals surface area contributed by atoms with Gasteiger partial charge in [-0.1, -0.05) is 29.3 Å². The number of rotatable bonds is 3. The van der Waals surface area contributed by atoms with Crippen molar-refractivity contribution < 1.29 is 4.79 Å². The van der Waals surface area contributed by atoms with Crippen LogP contribution >= 0.6 is 23.2 Å². The molecule has 0 unspecified atom stereocenters. The molecule has 0 spiro atoms. The number of anilines is 1. The SMILES string of the molecule is CC(C)(/C=C\Cl)C(=O)Nc1ccc(Cl)cc1. The summed E-state index contributed by atoms with van der Waals surface area (Å²) >= 11 is 11.2. The van der Waals surface area contributed by atoms with Gasteiger partial charge in [0.05, 0.1) is 5.41 Å². The number of carbonyl (C=O) groups is 1. The summed E-state index contributed by atoms with van der Waals surface area (Å²) < 4.78 is 0. The van der Waals surface area contributed by atoms with E-state index in [2.05, 4.69) is 5.32 Å². The lowest BCUT2D eigenvalue weighted by molar-refractivity contribution is -0.121. The molecule has 0 fully saturated rings. The van der Waals surface area contributed by atoms with Crippen LogP contribution in [0.4, 0.5) is 5.69 Å². The summed E-state index contributed by atoms with van der Waals surface area (Å²) in [5, 5.41) is 3.42. The fourth-order valence-corrected chi connectivity index (χ4v) is 1.50. The second kappa shape index (κ2) is 5.37. The van der Waals surface area contributed by atoms with Crippen LogP contribution in [-0.4, -0.2) is 5.91 Å². The van der Waals surface area contributed by atoms with Crippen molar-refractivity contribution in [3.8, 4) is 0 Å². The van der Waals surface area contributed by atoms with E-state index in [0.717, 1.165) is 0 Å². The summed E-state index contributed by atoms with van der Waals surface area (Å²) in [7, 11) is 0. The zero-order valence-corrected chi connectivity index (χ0v) is 10.6. The standard InChI is InChI=1S/C12H13Cl2NO/c1-12(2,7-8-13)11(16)15-10-5-3-9(14)4-6-10/h3-8H,1-2H3,(H,15,16)/b8-7-. The maximum absolute atomic E-state index is 11.9. The molecule has 1 rings (SSSR count). The number of halogens is 2. The molecule has 0 atom stereocenters. The Hall–Kier alpha value is -0.990. The van der Waals surface area contributed by atoms with Gasteiger partial charge >= 0.3 is 0 Å². The van der Waals surface area contributed by atoms with Crippen LogP contribution in [0.2, 0.25) is 5.02 Å². The zero-order chi connectivity index (χ0) is 12.2. The van der Waals surface area contributed by atoms with Crippen LogP contribution < -0.4 is 5.32 Å². The van der Waals surface area contributed by atoms with Crippen molar-refractivity contribution in [1.29, 1.82) is 0 Å². The molecule has 0 radical (unpaired) electrons. The van der Waals surface area contributed by atoms with Gasteiger partial charge in [-0.05, 0) is 38.1 Å². The summed E-state index contributed by atoms with van der Waals surface area (Å²) in [5.41, 5.74) is 1.42. The molecule has 1 aromatic carbocycles. The first-order chi connectivity index (χ1) is 7.45. The molecule has 4 heteroatoms. The monoisotopic (exact) mass is 257 g/mol. The second-order valence-electron chi connectivity index (χ2n) is 3.98. The number of benzene rings is 1. The summed E-state index contributed by atoms with van der Waals surface area (Å²) in [4.78, 5) is 11.9. The van der Waals surface area contributed by atoms with Gasteiger partial charge in [-0.3, -0.25) is 4.79 Å². The minimum atomic E-state index is -0.638. The van der Waals surface area contributed by atoms with Crippen molar-refractivity contribution in [1.82, 2.24) is 0 Å². The third-order valence-corrected chi connectivity index (χ3v) is 2.54. The highest BCUT2D eigenvalue weighted by molar-refractivity contribution is 6.30. The molecule has 0 aliphatic heterocycles. The van der Waals surface area contributed by atoms with Crippen LogP contribution in [0.15, 0.2) is 35.9 Å². The van der Waals surface area contributed by atoms with Gasteiger partial charge in [0, 0.05) is 16.2 Å². The maximum Gasteiger partial charge on any atom is 0.233 e. The van der Waals surface area contributed by atoms with Gasteiger partial charge in [0.1, 0.15) is 0 Å². The third kappa shape index (κ3) is 3.54. The van der Waals surface area contributed by atoms with E-state index in [1.807, 2.05) is 0 Å². The number of nitrogens with one attached hydrogen (secondary N) is 1. The molecule has 86 valence electrons. The first-order valence-corrected chi connectivity index (χ1v) is 5.62. The predicted molar refractivity (Wildman–Crippen MR) is 68.9 cm³/mol. The lowest BCUT2D eigenvalue weighted by Crippen LogP contribution is -2.28. The highest BCUT2D eigenvalue weighted by atomic mass is 35.5. The normalized spacial score (nSPS) is 11.8. The molecule has 1 aromatic rings. The van der Waals surface area contributed by atoms with Crippen LogP contribution in [0.3, 0.4) is 0 Å². The highest BCUT2D eigenvalue weighted by Gasteiger charge is 2.24. The molecule has 0 aromatic heterocycles. The van der Waals surface area contributed by atoms with E-state index in [4.69, 9.17) is 23.2 Å². The van der Waals surface area contributed by atoms with Crippen molar-refractivity contribution in [2.45, 2.75) is 13.8 Å². The van der Waals surface area contributed by atoms with Gasteiger partial charge in [0.15, 0.2) is 0 Å². The number of carbonyl (C=O) groups excluding carboxylic acids is 1. The van der Waals surface area contributed by atoms with Gasteiger partial charge in [-0.15, -0.1) is 0 Å².